The van der Waals surface area contributed by atoms with E-state index in [1.165, 1.54) is 0 Å². The standard InChI is InChI=1S/C10H17NO.C2H6/c1-5-8-9(4)11(7-3)10(12)6-2;1-2/h5,8H,4,6-7H2,1-3H3;1-2H3/b8-5-;. The first kappa shape index (κ1) is 15.4. The lowest BCUT2D eigenvalue weighted by atomic mass is 10.3. The number of likely N-dealkylation sites (N-methyl/N-ethyl adjacent to an activating group) is 1. The van der Waals surface area contributed by atoms with Crippen molar-refractivity contribution in [3.05, 3.63) is 24.4 Å². The smallest absolute Gasteiger partial charge is 0.226 e. The molecule has 0 N–H and O–H groups in total. The molecule has 0 bridgehead atoms. The van der Waals surface area contributed by atoms with Crippen LogP contribution in [-0.2, 0) is 4.79 Å². The third-order valence-corrected chi connectivity index (χ3v) is 1.63. The second-order valence-corrected chi connectivity index (χ2v) is 2.48. The molecule has 0 aromatic rings. The average Bonchev–Trinajstić information content (AvgIpc) is 2.22. The molecule has 0 radical (unpaired) electrons. The largest absolute Gasteiger partial charge is 0.313 e. The number of rotatable bonds is 4. The summed E-state index contributed by atoms with van der Waals surface area (Å²) < 4.78 is 0. The van der Waals surface area contributed by atoms with Gasteiger partial charge in [0.15, 0.2) is 0 Å². The molecule has 0 heterocycles. The molecule has 0 aromatic carbocycles. The minimum atomic E-state index is 0.126. The molecule has 0 rings (SSSR count). The summed E-state index contributed by atoms with van der Waals surface area (Å²) in [6.07, 6.45) is 4.26. The summed E-state index contributed by atoms with van der Waals surface area (Å²) in [7, 11) is 0. The number of hydrogen-bond donors (Lipinski definition) is 0. The van der Waals surface area contributed by atoms with Crippen LogP contribution in [0.15, 0.2) is 24.4 Å². The molecule has 0 spiro atoms. The fourth-order valence-corrected chi connectivity index (χ4v) is 1.01. The van der Waals surface area contributed by atoms with Crippen molar-refractivity contribution >= 4 is 5.91 Å². The third-order valence-electron chi connectivity index (χ3n) is 1.63. The van der Waals surface area contributed by atoms with Crippen molar-refractivity contribution in [3.63, 3.8) is 0 Å². The zero-order valence-corrected chi connectivity index (χ0v) is 10.1. The van der Waals surface area contributed by atoms with E-state index in [2.05, 4.69) is 6.58 Å². The quantitative estimate of drug-likeness (QED) is 0.633. The van der Waals surface area contributed by atoms with E-state index in [-0.39, 0.29) is 5.91 Å². The summed E-state index contributed by atoms with van der Waals surface area (Å²) >= 11 is 0. The minimum Gasteiger partial charge on any atom is -0.313 e. The first-order valence-electron chi connectivity index (χ1n) is 5.29. The molecule has 0 aliphatic carbocycles. The normalized spacial score (nSPS) is 9.21. The van der Waals surface area contributed by atoms with Gasteiger partial charge in [-0.15, -0.1) is 0 Å². The van der Waals surface area contributed by atoms with Crippen LogP contribution in [0.25, 0.3) is 0 Å². The zero-order chi connectivity index (χ0) is 11.6. The number of allylic oxidation sites excluding steroid dienone is 2. The maximum Gasteiger partial charge on any atom is 0.226 e. The highest BCUT2D eigenvalue weighted by Gasteiger charge is 2.09. The van der Waals surface area contributed by atoms with Gasteiger partial charge in [0.25, 0.3) is 0 Å². The summed E-state index contributed by atoms with van der Waals surface area (Å²) in [6.45, 7) is 14.2. The van der Waals surface area contributed by atoms with Crippen LogP contribution in [0.1, 0.15) is 41.0 Å². The van der Waals surface area contributed by atoms with Gasteiger partial charge in [-0.2, -0.15) is 0 Å². The van der Waals surface area contributed by atoms with E-state index in [4.69, 9.17) is 0 Å². The van der Waals surface area contributed by atoms with E-state index in [0.717, 1.165) is 5.70 Å². The van der Waals surface area contributed by atoms with E-state index in [1.54, 1.807) is 4.90 Å². The van der Waals surface area contributed by atoms with Gasteiger partial charge in [0, 0.05) is 18.7 Å². The van der Waals surface area contributed by atoms with E-state index in [0.29, 0.717) is 13.0 Å². The van der Waals surface area contributed by atoms with Gasteiger partial charge >= 0.3 is 0 Å². The van der Waals surface area contributed by atoms with Crippen molar-refractivity contribution in [1.82, 2.24) is 4.90 Å². The first-order valence-corrected chi connectivity index (χ1v) is 5.29. The Morgan fingerprint density at radius 3 is 2.14 bits per heavy atom. The molecule has 0 aliphatic rings. The monoisotopic (exact) mass is 197 g/mol. The van der Waals surface area contributed by atoms with Crippen LogP contribution in [0.4, 0.5) is 0 Å². The Balaban J connectivity index is 0. The van der Waals surface area contributed by atoms with Gasteiger partial charge in [0.1, 0.15) is 0 Å². The highest BCUT2D eigenvalue weighted by Crippen LogP contribution is 2.05. The lowest BCUT2D eigenvalue weighted by Gasteiger charge is -2.20. The van der Waals surface area contributed by atoms with Crippen LogP contribution >= 0.6 is 0 Å². The topological polar surface area (TPSA) is 20.3 Å². The lowest BCUT2D eigenvalue weighted by molar-refractivity contribution is -0.128. The van der Waals surface area contributed by atoms with Gasteiger partial charge in [0.2, 0.25) is 5.91 Å². The number of carbonyl (C=O) groups is 1. The molecular weight excluding hydrogens is 174 g/mol. The predicted molar refractivity (Wildman–Crippen MR) is 63.0 cm³/mol. The van der Waals surface area contributed by atoms with Gasteiger partial charge in [-0.3, -0.25) is 4.79 Å². The predicted octanol–water partition coefficient (Wildman–Crippen LogP) is 3.36. The Bertz CT molecular complexity index is 194. The van der Waals surface area contributed by atoms with Gasteiger partial charge in [-0.05, 0) is 19.9 Å². The van der Waals surface area contributed by atoms with E-state index in [1.807, 2.05) is 46.8 Å². The van der Waals surface area contributed by atoms with Crippen molar-refractivity contribution in [2.45, 2.75) is 41.0 Å². The molecule has 2 heteroatoms. The van der Waals surface area contributed by atoms with Crippen molar-refractivity contribution in [3.8, 4) is 0 Å². The van der Waals surface area contributed by atoms with Crippen molar-refractivity contribution in [2.24, 2.45) is 0 Å². The summed E-state index contributed by atoms with van der Waals surface area (Å²) in [5.41, 5.74) is 0.770. The molecule has 2 nitrogen and oxygen atoms in total. The van der Waals surface area contributed by atoms with Gasteiger partial charge in [-0.25, -0.2) is 0 Å². The highest BCUT2D eigenvalue weighted by molar-refractivity contribution is 5.78. The van der Waals surface area contributed by atoms with Crippen LogP contribution in [0.3, 0.4) is 0 Å². The van der Waals surface area contributed by atoms with E-state index >= 15 is 0 Å². The minimum absolute atomic E-state index is 0.126. The van der Waals surface area contributed by atoms with Crippen LogP contribution < -0.4 is 0 Å². The molecular formula is C12H23NO. The number of hydrogen-bond acceptors (Lipinski definition) is 1. The summed E-state index contributed by atoms with van der Waals surface area (Å²) in [5.74, 6) is 0.126. The van der Waals surface area contributed by atoms with Crippen LogP contribution in [0.5, 0.6) is 0 Å². The average molecular weight is 197 g/mol. The Morgan fingerprint density at radius 2 is 1.86 bits per heavy atom. The van der Waals surface area contributed by atoms with E-state index in [9.17, 15) is 4.79 Å². The van der Waals surface area contributed by atoms with Gasteiger partial charge in [-0.1, -0.05) is 33.4 Å². The molecule has 0 atom stereocenters. The molecule has 0 saturated carbocycles. The van der Waals surface area contributed by atoms with Crippen molar-refractivity contribution in [1.29, 1.82) is 0 Å². The van der Waals surface area contributed by atoms with Gasteiger partial charge < -0.3 is 4.90 Å². The maximum absolute atomic E-state index is 11.3. The second kappa shape index (κ2) is 10.0. The summed E-state index contributed by atoms with van der Waals surface area (Å²) in [5, 5.41) is 0. The number of carbonyl (C=O) groups excluding carboxylic acids is 1. The van der Waals surface area contributed by atoms with Crippen molar-refractivity contribution in [2.75, 3.05) is 6.54 Å². The Labute approximate surface area is 88.3 Å². The Hall–Kier alpha value is -1.05. The Kier molecular flexibility index (Phi) is 11.1. The molecule has 0 fully saturated rings. The molecule has 0 aromatic heterocycles. The number of nitrogens with zero attached hydrogens (tertiary/aromatic N) is 1. The fourth-order valence-electron chi connectivity index (χ4n) is 1.01. The first-order chi connectivity index (χ1) is 6.67. The third kappa shape index (κ3) is 5.57. The number of amides is 1. The van der Waals surface area contributed by atoms with E-state index < -0.39 is 0 Å². The lowest BCUT2D eigenvalue weighted by Crippen LogP contribution is -2.28. The maximum atomic E-state index is 11.3. The van der Waals surface area contributed by atoms with Crippen molar-refractivity contribution < 1.29 is 4.79 Å². The van der Waals surface area contributed by atoms with Crippen LogP contribution in [0, 0.1) is 0 Å². The molecule has 1 amide bonds. The molecule has 82 valence electrons. The summed E-state index contributed by atoms with van der Waals surface area (Å²) in [6, 6.07) is 0. The second-order valence-electron chi connectivity index (χ2n) is 2.48. The molecule has 0 unspecified atom stereocenters. The fraction of sp³-hybridized carbons (Fsp3) is 0.583. The molecule has 0 aliphatic heterocycles. The summed E-state index contributed by atoms with van der Waals surface area (Å²) in [4.78, 5) is 13.0. The van der Waals surface area contributed by atoms with Gasteiger partial charge in [0.05, 0.1) is 0 Å². The zero-order valence-electron chi connectivity index (χ0n) is 10.1. The molecule has 14 heavy (non-hydrogen) atoms. The Morgan fingerprint density at radius 1 is 1.36 bits per heavy atom. The van der Waals surface area contributed by atoms with Crippen LogP contribution in [0.2, 0.25) is 0 Å². The SMILES string of the molecule is C=C(/C=C\C)N(CC)C(=O)CC.CC. The molecule has 0 saturated heterocycles. The highest BCUT2D eigenvalue weighted by atomic mass is 16.2. The van der Waals surface area contributed by atoms with Crippen LogP contribution in [-0.4, -0.2) is 17.4 Å².